The van der Waals surface area contributed by atoms with Gasteiger partial charge in [-0.05, 0) is 81.8 Å². The molecule has 156 valence electrons. The van der Waals surface area contributed by atoms with Gasteiger partial charge in [0.1, 0.15) is 0 Å². The summed E-state index contributed by atoms with van der Waals surface area (Å²) in [5, 5.41) is 0. The van der Waals surface area contributed by atoms with Crippen molar-refractivity contribution in [1.82, 2.24) is 19.8 Å². The SMILES string of the molecule is CCN(C)[C@H]1CCN(C(CCCc2cccnc2)CCCc2cccnc2)C1=O. The van der Waals surface area contributed by atoms with Crippen LogP contribution in [0.5, 0.6) is 0 Å². The maximum Gasteiger partial charge on any atom is 0.240 e. The zero-order chi connectivity index (χ0) is 20.5. The number of amides is 1. The van der Waals surface area contributed by atoms with Crippen molar-refractivity contribution in [2.45, 2.75) is 64.0 Å². The molecule has 3 heterocycles. The normalized spacial score (nSPS) is 16.9. The molecular formula is C24H34N4O. The summed E-state index contributed by atoms with van der Waals surface area (Å²) in [6, 6.07) is 8.64. The van der Waals surface area contributed by atoms with Gasteiger partial charge < -0.3 is 4.90 Å². The van der Waals surface area contributed by atoms with Gasteiger partial charge in [-0.1, -0.05) is 19.1 Å². The summed E-state index contributed by atoms with van der Waals surface area (Å²) in [6.07, 6.45) is 14.8. The fourth-order valence-corrected chi connectivity index (χ4v) is 4.31. The highest BCUT2D eigenvalue weighted by Gasteiger charge is 2.37. The van der Waals surface area contributed by atoms with Crippen LogP contribution in [-0.2, 0) is 17.6 Å². The highest BCUT2D eigenvalue weighted by Crippen LogP contribution is 2.24. The number of likely N-dealkylation sites (tertiary alicyclic amines) is 1. The van der Waals surface area contributed by atoms with Crippen LogP contribution in [0.3, 0.4) is 0 Å². The summed E-state index contributed by atoms with van der Waals surface area (Å²) in [5.41, 5.74) is 2.55. The Balaban J connectivity index is 1.58. The predicted molar refractivity (Wildman–Crippen MR) is 117 cm³/mol. The lowest BCUT2D eigenvalue weighted by Gasteiger charge is -2.30. The van der Waals surface area contributed by atoms with Crippen LogP contribution in [0.25, 0.3) is 0 Å². The molecule has 0 N–H and O–H groups in total. The van der Waals surface area contributed by atoms with E-state index < -0.39 is 0 Å². The lowest BCUT2D eigenvalue weighted by molar-refractivity contribution is -0.133. The summed E-state index contributed by atoms with van der Waals surface area (Å²) >= 11 is 0. The van der Waals surface area contributed by atoms with Crippen molar-refractivity contribution in [2.24, 2.45) is 0 Å². The summed E-state index contributed by atoms with van der Waals surface area (Å²) in [4.78, 5) is 25.9. The number of hydrogen-bond donors (Lipinski definition) is 0. The number of rotatable bonds is 11. The quantitative estimate of drug-likeness (QED) is 0.582. The lowest BCUT2D eigenvalue weighted by atomic mass is 9.99. The van der Waals surface area contributed by atoms with Gasteiger partial charge in [0, 0.05) is 37.4 Å². The van der Waals surface area contributed by atoms with Crippen LogP contribution in [0.4, 0.5) is 0 Å². The first-order valence-corrected chi connectivity index (χ1v) is 11.0. The number of nitrogens with zero attached hydrogens (tertiary/aromatic N) is 4. The Morgan fingerprint density at radius 2 is 1.66 bits per heavy atom. The third kappa shape index (κ3) is 6.10. The van der Waals surface area contributed by atoms with Crippen LogP contribution in [-0.4, -0.2) is 57.9 Å². The van der Waals surface area contributed by atoms with Crippen molar-refractivity contribution in [3.8, 4) is 0 Å². The van der Waals surface area contributed by atoms with E-state index in [1.807, 2.05) is 36.9 Å². The zero-order valence-electron chi connectivity index (χ0n) is 17.8. The molecule has 1 fully saturated rings. The number of aromatic nitrogens is 2. The van der Waals surface area contributed by atoms with Crippen LogP contribution in [0.1, 0.15) is 50.2 Å². The number of likely N-dealkylation sites (N-methyl/N-ethyl adjacent to an activating group) is 1. The Morgan fingerprint density at radius 3 is 2.14 bits per heavy atom. The molecule has 0 unspecified atom stereocenters. The third-order valence-electron chi connectivity index (χ3n) is 6.13. The monoisotopic (exact) mass is 394 g/mol. The predicted octanol–water partition coefficient (Wildman–Crippen LogP) is 3.74. The largest absolute Gasteiger partial charge is 0.338 e. The van der Waals surface area contributed by atoms with Crippen LogP contribution in [0.2, 0.25) is 0 Å². The molecule has 0 spiro atoms. The first-order chi connectivity index (χ1) is 14.2. The van der Waals surface area contributed by atoms with Crippen molar-refractivity contribution in [2.75, 3.05) is 20.1 Å². The second-order valence-corrected chi connectivity index (χ2v) is 8.07. The second-order valence-electron chi connectivity index (χ2n) is 8.07. The Morgan fingerprint density at radius 1 is 1.07 bits per heavy atom. The molecule has 1 atom stereocenters. The van der Waals surface area contributed by atoms with E-state index in [0.29, 0.717) is 11.9 Å². The topological polar surface area (TPSA) is 49.3 Å². The maximum absolute atomic E-state index is 13.1. The first kappa shape index (κ1) is 21.4. The Kier molecular flexibility index (Phi) is 8.17. The van der Waals surface area contributed by atoms with Crippen LogP contribution >= 0.6 is 0 Å². The molecule has 0 aliphatic carbocycles. The number of aryl methyl sites for hydroxylation is 2. The van der Waals surface area contributed by atoms with Gasteiger partial charge in [-0.3, -0.25) is 19.7 Å². The fourth-order valence-electron chi connectivity index (χ4n) is 4.31. The molecule has 1 aliphatic rings. The van der Waals surface area contributed by atoms with E-state index in [2.05, 4.69) is 45.9 Å². The molecule has 1 amide bonds. The van der Waals surface area contributed by atoms with E-state index >= 15 is 0 Å². The van der Waals surface area contributed by atoms with E-state index in [1.54, 1.807) is 0 Å². The van der Waals surface area contributed by atoms with Gasteiger partial charge in [-0.2, -0.15) is 0 Å². The summed E-state index contributed by atoms with van der Waals surface area (Å²) in [5.74, 6) is 0.321. The number of carbonyl (C=O) groups is 1. The molecule has 0 bridgehead atoms. The highest BCUT2D eigenvalue weighted by molar-refractivity contribution is 5.84. The minimum Gasteiger partial charge on any atom is -0.338 e. The van der Waals surface area contributed by atoms with Crippen molar-refractivity contribution in [3.05, 3.63) is 60.2 Å². The average molecular weight is 395 g/mol. The van der Waals surface area contributed by atoms with Gasteiger partial charge in [-0.25, -0.2) is 0 Å². The molecule has 1 saturated heterocycles. The average Bonchev–Trinajstić information content (AvgIpc) is 3.15. The van der Waals surface area contributed by atoms with E-state index in [1.165, 1.54) is 11.1 Å². The zero-order valence-corrected chi connectivity index (χ0v) is 17.8. The van der Waals surface area contributed by atoms with Crippen molar-refractivity contribution in [1.29, 1.82) is 0 Å². The van der Waals surface area contributed by atoms with Gasteiger partial charge in [0.25, 0.3) is 0 Å². The van der Waals surface area contributed by atoms with Gasteiger partial charge in [0.15, 0.2) is 0 Å². The molecule has 0 aromatic carbocycles. The maximum atomic E-state index is 13.1. The third-order valence-corrected chi connectivity index (χ3v) is 6.13. The van der Waals surface area contributed by atoms with Crippen LogP contribution in [0, 0.1) is 0 Å². The van der Waals surface area contributed by atoms with Crippen molar-refractivity contribution < 1.29 is 4.79 Å². The molecule has 5 heteroatoms. The number of pyridine rings is 2. The van der Waals surface area contributed by atoms with Gasteiger partial charge >= 0.3 is 0 Å². The van der Waals surface area contributed by atoms with E-state index in [4.69, 9.17) is 0 Å². The summed E-state index contributed by atoms with van der Waals surface area (Å²) in [7, 11) is 2.06. The fraction of sp³-hybridized carbons (Fsp3) is 0.542. The molecule has 2 aromatic rings. The van der Waals surface area contributed by atoms with Crippen molar-refractivity contribution in [3.63, 3.8) is 0 Å². The smallest absolute Gasteiger partial charge is 0.240 e. The number of carbonyl (C=O) groups excluding carboxylic acids is 1. The molecule has 0 radical (unpaired) electrons. The molecule has 2 aromatic heterocycles. The first-order valence-electron chi connectivity index (χ1n) is 11.0. The summed E-state index contributed by atoms with van der Waals surface area (Å²) < 4.78 is 0. The molecule has 29 heavy (non-hydrogen) atoms. The molecule has 1 aliphatic heterocycles. The van der Waals surface area contributed by atoms with Crippen LogP contribution < -0.4 is 0 Å². The minimum atomic E-state index is 0.0548. The molecule has 5 nitrogen and oxygen atoms in total. The van der Waals surface area contributed by atoms with E-state index in [0.717, 1.165) is 58.0 Å². The molecule has 3 rings (SSSR count). The molecular weight excluding hydrogens is 360 g/mol. The molecule has 0 saturated carbocycles. The standard InChI is InChI=1S/C24H34N4O/c1-3-27(2)23-14-17-28(24(23)29)22(12-4-8-20-10-6-15-25-18-20)13-5-9-21-11-7-16-26-19-21/h6-7,10-11,15-16,18-19,22-23H,3-5,8-9,12-14,17H2,1-2H3/t23-/m0/s1. The van der Waals surface area contributed by atoms with E-state index in [9.17, 15) is 4.79 Å². The van der Waals surface area contributed by atoms with Gasteiger partial charge in [-0.15, -0.1) is 0 Å². The summed E-state index contributed by atoms with van der Waals surface area (Å²) in [6.45, 7) is 3.92. The number of hydrogen-bond acceptors (Lipinski definition) is 4. The van der Waals surface area contributed by atoms with Gasteiger partial charge in [0.2, 0.25) is 5.91 Å². The van der Waals surface area contributed by atoms with E-state index in [-0.39, 0.29) is 6.04 Å². The Hall–Kier alpha value is -2.27. The lowest BCUT2D eigenvalue weighted by Crippen LogP contribution is -2.43. The Bertz CT molecular complexity index is 692. The van der Waals surface area contributed by atoms with Crippen molar-refractivity contribution >= 4 is 5.91 Å². The van der Waals surface area contributed by atoms with Gasteiger partial charge in [0.05, 0.1) is 6.04 Å². The minimum absolute atomic E-state index is 0.0548. The second kappa shape index (κ2) is 11.1. The van der Waals surface area contributed by atoms with Crippen LogP contribution in [0.15, 0.2) is 49.1 Å². The Labute approximate surface area is 175 Å². The highest BCUT2D eigenvalue weighted by atomic mass is 16.2.